The maximum Gasteiger partial charge on any atom is 0.289 e. The predicted octanol–water partition coefficient (Wildman–Crippen LogP) is 3.08. The molecule has 4 heteroatoms. The van der Waals surface area contributed by atoms with E-state index in [9.17, 15) is 4.79 Å². The molecule has 0 aliphatic carbocycles. The molecule has 2 N–H and O–H groups in total. The van der Waals surface area contributed by atoms with Gasteiger partial charge in [-0.05, 0) is 37.2 Å². The van der Waals surface area contributed by atoms with Crippen LogP contribution in [0.25, 0.3) is 6.08 Å². The van der Waals surface area contributed by atoms with Crippen molar-refractivity contribution in [2.24, 2.45) is 0 Å². The summed E-state index contributed by atoms with van der Waals surface area (Å²) in [5, 5.41) is 9.85. The molecule has 1 aromatic carbocycles. The van der Waals surface area contributed by atoms with Crippen molar-refractivity contribution in [2.75, 3.05) is 0 Å². The third kappa shape index (κ3) is 2.33. The van der Waals surface area contributed by atoms with Gasteiger partial charge in [0.2, 0.25) is 0 Å². The van der Waals surface area contributed by atoms with Crippen molar-refractivity contribution in [2.45, 2.75) is 13.8 Å². The van der Waals surface area contributed by atoms with Gasteiger partial charge >= 0.3 is 0 Å². The first-order valence-corrected chi connectivity index (χ1v) is 5.74. The Hall–Kier alpha value is -1.55. The Bertz CT molecular complexity index is 485. The average Bonchev–Trinajstić information content (AvgIpc) is 2.43. The number of thioether (sulfide) groups is 1. The first-order chi connectivity index (χ1) is 7.54. The molecule has 1 amide bonds. The molecule has 0 saturated carbocycles. The van der Waals surface area contributed by atoms with Crippen molar-refractivity contribution >= 4 is 28.9 Å². The van der Waals surface area contributed by atoms with Crippen LogP contribution in [0, 0.1) is 19.3 Å². The highest BCUT2D eigenvalue weighted by atomic mass is 32.2. The van der Waals surface area contributed by atoms with E-state index in [1.807, 2.05) is 32.1 Å². The summed E-state index contributed by atoms with van der Waals surface area (Å²) in [6.07, 6.45) is 1.87. The fourth-order valence-corrected chi connectivity index (χ4v) is 2.39. The maximum absolute atomic E-state index is 11.1. The monoisotopic (exact) mass is 232 g/mol. The van der Waals surface area contributed by atoms with Crippen LogP contribution in [0.4, 0.5) is 4.79 Å². The van der Waals surface area contributed by atoms with Gasteiger partial charge in [0.1, 0.15) is 5.84 Å². The number of benzene rings is 1. The van der Waals surface area contributed by atoms with Gasteiger partial charge in [-0.3, -0.25) is 10.2 Å². The molecule has 82 valence electrons. The van der Waals surface area contributed by atoms with E-state index in [2.05, 4.69) is 11.4 Å². The quantitative estimate of drug-likeness (QED) is 0.781. The third-order valence-electron chi connectivity index (χ3n) is 2.22. The Morgan fingerprint density at radius 3 is 2.38 bits per heavy atom. The second-order valence-corrected chi connectivity index (χ2v) is 4.83. The summed E-state index contributed by atoms with van der Waals surface area (Å²) in [7, 11) is 0. The minimum atomic E-state index is -0.180. The smallest absolute Gasteiger partial charge is 0.289 e. The molecule has 0 aromatic heterocycles. The van der Waals surface area contributed by atoms with E-state index in [1.165, 1.54) is 11.1 Å². The van der Waals surface area contributed by atoms with E-state index in [4.69, 9.17) is 5.41 Å². The van der Waals surface area contributed by atoms with Gasteiger partial charge in [0.15, 0.2) is 0 Å². The number of amides is 1. The van der Waals surface area contributed by atoms with Gasteiger partial charge in [-0.15, -0.1) is 0 Å². The van der Waals surface area contributed by atoms with Crippen LogP contribution in [-0.4, -0.2) is 11.1 Å². The number of nitrogens with one attached hydrogen (secondary N) is 2. The Labute approximate surface area is 98.4 Å². The number of carbonyl (C=O) groups is 1. The highest BCUT2D eigenvalue weighted by Gasteiger charge is 2.21. The van der Waals surface area contributed by atoms with Gasteiger partial charge in [0.05, 0.1) is 4.91 Å². The van der Waals surface area contributed by atoms with Crippen molar-refractivity contribution in [1.82, 2.24) is 5.32 Å². The molecule has 3 nitrogen and oxygen atoms in total. The van der Waals surface area contributed by atoms with E-state index in [0.29, 0.717) is 4.91 Å². The predicted molar refractivity (Wildman–Crippen MR) is 67.7 cm³/mol. The third-order valence-corrected chi connectivity index (χ3v) is 3.05. The first kappa shape index (κ1) is 11.0. The van der Waals surface area contributed by atoms with Crippen molar-refractivity contribution in [1.29, 1.82) is 5.41 Å². The fraction of sp³-hybridized carbons (Fsp3) is 0.167. The maximum atomic E-state index is 11.1. The number of amidine groups is 1. The molecule has 0 radical (unpaired) electrons. The van der Waals surface area contributed by atoms with Gasteiger partial charge in [-0.1, -0.05) is 29.3 Å². The zero-order valence-corrected chi connectivity index (χ0v) is 9.94. The fourth-order valence-electron chi connectivity index (χ4n) is 1.69. The molecule has 1 aliphatic heterocycles. The second kappa shape index (κ2) is 4.14. The van der Waals surface area contributed by atoms with Crippen molar-refractivity contribution in [3.05, 3.63) is 39.8 Å². The molecule has 0 atom stereocenters. The number of hydrogen-bond donors (Lipinski definition) is 2. The summed E-state index contributed by atoms with van der Waals surface area (Å²) < 4.78 is 0. The number of aryl methyl sites for hydroxylation is 2. The summed E-state index contributed by atoms with van der Waals surface area (Å²) in [6.45, 7) is 4.07. The van der Waals surface area contributed by atoms with E-state index in [1.54, 1.807) is 0 Å². The minimum absolute atomic E-state index is 0.180. The molecule has 1 fully saturated rings. The Balaban J connectivity index is 2.36. The van der Waals surface area contributed by atoms with Crippen LogP contribution in [0.15, 0.2) is 23.1 Å². The van der Waals surface area contributed by atoms with Crippen LogP contribution >= 0.6 is 11.8 Å². The van der Waals surface area contributed by atoms with Gasteiger partial charge < -0.3 is 5.32 Å². The lowest BCUT2D eigenvalue weighted by Gasteiger charge is -2.01. The van der Waals surface area contributed by atoms with Crippen LogP contribution in [0.1, 0.15) is 16.7 Å². The largest absolute Gasteiger partial charge is 0.301 e. The van der Waals surface area contributed by atoms with Gasteiger partial charge in [-0.25, -0.2) is 0 Å². The van der Waals surface area contributed by atoms with Crippen LogP contribution < -0.4 is 5.32 Å². The summed E-state index contributed by atoms with van der Waals surface area (Å²) in [4.78, 5) is 11.7. The second-order valence-electron chi connectivity index (χ2n) is 3.82. The lowest BCUT2D eigenvalue weighted by molar-refractivity contribution is 0.265. The van der Waals surface area contributed by atoms with Gasteiger partial charge in [-0.2, -0.15) is 0 Å². The van der Waals surface area contributed by atoms with Crippen LogP contribution in [-0.2, 0) is 0 Å². The zero-order chi connectivity index (χ0) is 11.7. The summed E-state index contributed by atoms with van der Waals surface area (Å²) in [5.74, 6) is 0.189. The van der Waals surface area contributed by atoms with Crippen molar-refractivity contribution < 1.29 is 4.79 Å². The molecule has 0 spiro atoms. The summed E-state index contributed by atoms with van der Waals surface area (Å²) >= 11 is 1.07. The SMILES string of the molecule is Cc1cc(C)cc(/C=C2\SC(=O)NC2=N)c1. The summed E-state index contributed by atoms with van der Waals surface area (Å²) in [5.41, 5.74) is 3.39. The molecule has 1 saturated heterocycles. The number of rotatable bonds is 1. The molecule has 1 aromatic rings. The molecular weight excluding hydrogens is 220 g/mol. The lowest BCUT2D eigenvalue weighted by Crippen LogP contribution is -2.17. The highest BCUT2D eigenvalue weighted by molar-refractivity contribution is 8.18. The van der Waals surface area contributed by atoms with Crippen molar-refractivity contribution in [3.63, 3.8) is 0 Å². The Kier molecular flexibility index (Phi) is 2.83. The molecule has 16 heavy (non-hydrogen) atoms. The lowest BCUT2D eigenvalue weighted by atomic mass is 10.1. The summed E-state index contributed by atoms with van der Waals surface area (Å²) in [6, 6.07) is 6.17. The van der Waals surface area contributed by atoms with Crippen LogP contribution in [0.5, 0.6) is 0 Å². The average molecular weight is 232 g/mol. The molecule has 1 heterocycles. The Morgan fingerprint density at radius 2 is 1.88 bits per heavy atom. The zero-order valence-electron chi connectivity index (χ0n) is 9.13. The molecule has 0 bridgehead atoms. The number of carbonyl (C=O) groups excluding carboxylic acids is 1. The molecular formula is C12H12N2OS. The van der Waals surface area contributed by atoms with E-state index in [0.717, 1.165) is 17.3 Å². The molecule has 1 aliphatic rings. The minimum Gasteiger partial charge on any atom is -0.301 e. The molecule has 0 unspecified atom stereocenters. The van der Waals surface area contributed by atoms with Crippen molar-refractivity contribution in [3.8, 4) is 0 Å². The van der Waals surface area contributed by atoms with E-state index >= 15 is 0 Å². The standard InChI is InChI=1S/C12H12N2OS/c1-7-3-8(2)5-9(4-7)6-10-11(13)14-12(15)16-10/h3-6H,1-2H3,(H2,13,14,15)/b10-6-. The topological polar surface area (TPSA) is 53.0 Å². The van der Waals surface area contributed by atoms with Gasteiger partial charge in [0.25, 0.3) is 5.24 Å². The normalized spacial score (nSPS) is 18.0. The Morgan fingerprint density at radius 1 is 1.25 bits per heavy atom. The van der Waals surface area contributed by atoms with Crippen LogP contribution in [0.2, 0.25) is 0 Å². The van der Waals surface area contributed by atoms with E-state index in [-0.39, 0.29) is 11.1 Å². The van der Waals surface area contributed by atoms with Gasteiger partial charge in [0, 0.05) is 0 Å². The first-order valence-electron chi connectivity index (χ1n) is 4.92. The highest BCUT2D eigenvalue weighted by Crippen LogP contribution is 2.26. The number of hydrogen-bond acceptors (Lipinski definition) is 3. The van der Waals surface area contributed by atoms with Crippen LogP contribution in [0.3, 0.4) is 0 Å². The van der Waals surface area contributed by atoms with E-state index < -0.39 is 0 Å². The molecule has 2 rings (SSSR count).